The number of nitrogens with one attached hydrogen (secondary N) is 2. The summed E-state index contributed by atoms with van der Waals surface area (Å²) in [5, 5.41) is 9.68. The Morgan fingerprint density at radius 1 is 1.18 bits per heavy atom. The van der Waals surface area contributed by atoms with Crippen LogP contribution in [0.25, 0.3) is 22.4 Å². The van der Waals surface area contributed by atoms with E-state index in [1.54, 1.807) is 49.1 Å². The monoisotopic (exact) mass is 532 g/mol. The molecule has 3 aromatic heterocycles. The predicted octanol–water partition coefficient (Wildman–Crippen LogP) is 2.62. The second-order valence-corrected chi connectivity index (χ2v) is 9.45. The highest BCUT2D eigenvalue weighted by Gasteiger charge is 2.44. The van der Waals surface area contributed by atoms with Crippen molar-refractivity contribution < 1.29 is 23.5 Å². The van der Waals surface area contributed by atoms with E-state index in [4.69, 9.17) is 14.1 Å². The number of hydrogen-bond acceptors (Lipinski definition) is 8. The third-order valence-electron chi connectivity index (χ3n) is 7.06. The summed E-state index contributed by atoms with van der Waals surface area (Å²) >= 11 is 0. The molecule has 0 unspecified atom stereocenters. The molecule has 2 N–H and O–H groups in total. The van der Waals surface area contributed by atoms with Gasteiger partial charge in [0, 0.05) is 37.0 Å². The lowest BCUT2D eigenvalue weighted by Crippen LogP contribution is -2.59. The van der Waals surface area contributed by atoms with Gasteiger partial charge in [0.25, 0.3) is 11.8 Å². The van der Waals surface area contributed by atoms with Crippen LogP contribution < -0.4 is 15.4 Å². The van der Waals surface area contributed by atoms with Gasteiger partial charge in [0.05, 0.1) is 25.0 Å². The van der Waals surface area contributed by atoms with Gasteiger partial charge in [-0.25, -0.2) is 4.98 Å². The molecule has 4 rings (SSSR count). The molecule has 0 aliphatic rings. The van der Waals surface area contributed by atoms with E-state index >= 15 is 0 Å². The van der Waals surface area contributed by atoms with Gasteiger partial charge in [0.1, 0.15) is 17.0 Å². The van der Waals surface area contributed by atoms with Gasteiger partial charge in [0.15, 0.2) is 11.1 Å². The number of rotatable bonds is 9. The maximum Gasteiger partial charge on any atom is 0.256 e. The maximum absolute atomic E-state index is 13.5. The van der Waals surface area contributed by atoms with Crippen molar-refractivity contribution in [3.8, 4) is 17.0 Å². The van der Waals surface area contributed by atoms with Crippen LogP contribution in [0.2, 0.25) is 0 Å². The quantitative estimate of drug-likeness (QED) is 0.315. The average molecular weight is 533 g/mol. The SMILES string of the molecule is CN[C@](CN(C)C(=O)c1cc(OC)ccc1C)(C(=O)NC=O)c1cc2nc(-c3c(C)nn(C)c3C)ccc2o1. The second kappa shape index (κ2) is 10.7. The number of ether oxygens (including phenoxy) is 1. The number of aromatic nitrogens is 3. The molecular weight excluding hydrogens is 500 g/mol. The third kappa shape index (κ3) is 4.88. The zero-order valence-electron chi connectivity index (χ0n) is 23.1. The number of amides is 3. The van der Waals surface area contributed by atoms with Crippen LogP contribution in [0.4, 0.5) is 0 Å². The first-order chi connectivity index (χ1) is 18.6. The van der Waals surface area contributed by atoms with Gasteiger partial charge in [0.2, 0.25) is 6.41 Å². The summed E-state index contributed by atoms with van der Waals surface area (Å²) in [7, 11) is 6.54. The number of benzene rings is 1. The Morgan fingerprint density at radius 2 is 1.92 bits per heavy atom. The smallest absolute Gasteiger partial charge is 0.256 e. The fourth-order valence-corrected chi connectivity index (χ4v) is 4.76. The van der Waals surface area contributed by atoms with Crippen LogP contribution in [0.1, 0.15) is 33.1 Å². The van der Waals surface area contributed by atoms with E-state index in [0.29, 0.717) is 34.5 Å². The molecular formula is C28H32N6O5. The summed E-state index contributed by atoms with van der Waals surface area (Å²) in [5.74, 6) is -0.274. The average Bonchev–Trinajstić information content (AvgIpc) is 3.46. The van der Waals surface area contributed by atoms with Crippen LogP contribution in [-0.2, 0) is 22.2 Å². The molecule has 0 saturated heterocycles. The standard InChI is InChI=1S/C28H32N6O5/c1-16-8-9-19(38-7)12-20(16)26(36)33(5)14-28(29-4,27(37)30-15-35)24-13-22-23(39-24)11-10-21(31-22)25-17(2)32-34(6)18(25)3/h8-13,15,29H,14H2,1-7H3,(H,30,35,37)/t28-/m0/s1. The maximum atomic E-state index is 13.5. The molecule has 1 atom stereocenters. The molecule has 3 amide bonds. The minimum atomic E-state index is -1.60. The van der Waals surface area contributed by atoms with E-state index in [2.05, 4.69) is 15.7 Å². The second-order valence-electron chi connectivity index (χ2n) is 9.45. The van der Waals surface area contributed by atoms with Crippen molar-refractivity contribution in [3.05, 3.63) is 64.7 Å². The number of methoxy groups -OCH3 is 1. The van der Waals surface area contributed by atoms with Gasteiger partial charge in [-0.2, -0.15) is 5.10 Å². The molecule has 0 aliphatic carbocycles. The largest absolute Gasteiger partial charge is 0.497 e. The lowest BCUT2D eigenvalue weighted by Gasteiger charge is -2.33. The lowest BCUT2D eigenvalue weighted by atomic mass is 9.93. The molecule has 0 spiro atoms. The van der Waals surface area contributed by atoms with Crippen LogP contribution in [0.15, 0.2) is 40.8 Å². The summed E-state index contributed by atoms with van der Waals surface area (Å²) in [6.07, 6.45) is 0.301. The van der Waals surface area contributed by atoms with Crippen molar-refractivity contribution in [2.24, 2.45) is 7.05 Å². The highest BCUT2D eigenvalue weighted by molar-refractivity contribution is 5.98. The van der Waals surface area contributed by atoms with Gasteiger partial charge in [-0.3, -0.25) is 29.7 Å². The van der Waals surface area contributed by atoms with Crippen LogP contribution in [0.3, 0.4) is 0 Å². The number of carbonyl (C=O) groups excluding carboxylic acids is 3. The van der Waals surface area contributed by atoms with E-state index in [1.165, 1.54) is 12.0 Å². The van der Waals surface area contributed by atoms with E-state index in [-0.39, 0.29) is 18.2 Å². The first kappa shape index (κ1) is 27.5. The number of nitrogens with zero attached hydrogens (tertiary/aromatic N) is 4. The summed E-state index contributed by atoms with van der Waals surface area (Å²) < 4.78 is 13.2. The lowest BCUT2D eigenvalue weighted by molar-refractivity contribution is -0.132. The molecule has 11 heteroatoms. The zero-order valence-corrected chi connectivity index (χ0v) is 23.1. The molecule has 0 aliphatic heterocycles. The highest BCUT2D eigenvalue weighted by Crippen LogP contribution is 2.32. The third-order valence-corrected chi connectivity index (χ3v) is 7.06. The number of pyridine rings is 1. The van der Waals surface area contributed by atoms with E-state index in [9.17, 15) is 14.4 Å². The molecule has 0 bridgehead atoms. The number of carbonyl (C=O) groups is 3. The van der Waals surface area contributed by atoms with Crippen LogP contribution >= 0.6 is 0 Å². The van der Waals surface area contributed by atoms with Gasteiger partial charge in [-0.05, 0) is 57.6 Å². The first-order valence-electron chi connectivity index (χ1n) is 12.3. The van der Waals surface area contributed by atoms with E-state index < -0.39 is 11.4 Å². The Kier molecular flexibility index (Phi) is 7.55. The van der Waals surface area contributed by atoms with Gasteiger partial charge in [-0.15, -0.1) is 0 Å². The number of furan rings is 1. The minimum absolute atomic E-state index is 0.147. The first-order valence-corrected chi connectivity index (χ1v) is 12.3. The van der Waals surface area contributed by atoms with Gasteiger partial charge < -0.3 is 14.1 Å². The van der Waals surface area contributed by atoms with Crippen molar-refractivity contribution in [2.75, 3.05) is 27.7 Å². The molecule has 204 valence electrons. The van der Waals surface area contributed by atoms with Crippen molar-refractivity contribution >= 4 is 29.3 Å². The molecule has 3 heterocycles. The summed E-state index contributed by atoms with van der Waals surface area (Å²) in [6, 6.07) is 10.5. The molecule has 0 radical (unpaired) electrons. The van der Waals surface area contributed by atoms with Gasteiger partial charge in [-0.1, -0.05) is 6.07 Å². The normalized spacial score (nSPS) is 12.7. The minimum Gasteiger partial charge on any atom is -0.497 e. The summed E-state index contributed by atoms with van der Waals surface area (Å²) in [4.78, 5) is 44.3. The number of aryl methyl sites for hydroxylation is 3. The topological polar surface area (TPSA) is 132 Å². The highest BCUT2D eigenvalue weighted by atomic mass is 16.5. The van der Waals surface area contributed by atoms with Crippen LogP contribution in [0, 0.1) is 20.8 Å². The Morgan fingerprint density at radius 3 is 2.54 bits per heavy atom. The molecule has 0 saturated carbocycles. The number of likely N-dealkylation sites (N-methyl/N-ethyl adjacent to an activating group) is 2. The molecule has 0 fully saturated rings. The van der Waals surface area contributed by atoms with E-state index in [1.807, 2.05) is 33.9 Å². The summed E-state index contributed by atoms with van der Waals surface area (Å²) in [6.45, 7) is 5.56. The molecule has 11 nitrogen and oxygen atoms in total. The number of imide groups is 1. The number of hydrogen-bond donors (Lipinski definition) is 2. The Balaban J connectivity index is 1.77. The summed E-state index contributed by atoms with van der Waals surface area (Å²) in [5.41, 5.74) is 3.98. The van der Waals surface area contributed by atoms with Crippen molar-refractivity contribution in [1.82, 2.24) is 30.3 Å². The predicted molar refractivity (Wildman–Crippen MR) is 145 cm³/mol. The molecule has 1 aromatic carbocycles. The van der Waals surface area contributed by atoms with Crippen LogP contribution in [-0.4, -0.2) is 65.6 Å². The fraction of sp³-hybridized carbons (Fsp3) is 0.321. The Hall–Kier alpha value is -4.51. The molecule has 39 heavy (non-hydrogen) atoms. The Labute approximate surface area is 226 Å². The van der Waals surface area contributed by atoms with E-state index in [0.717, 1.165) is 22.5 Å². The van der Waals surface area contributed by atoms with Crippen LogP contribution in [0.5, 0.6) is 5.75 Å². The van der Waals surface area contributed by atoms with Crippen molar-refractivity contribution in [1.29, 1.82) is 0 Å². The fourth-order valence-electron chi connectivity index (χ4n) is 4.76. The Bertz CT molecular complexity index is 1570. The van der Waals surface area contributed by atoms with Gasteiger partial charge >= 0.3 is 0 Å². The molecule has 4 aromatic rings. The number of fused-ring (bicyclic) bond motifs is 1. The van der Waals surface area contributed by atoms with Crippen molar-refractivity contribution in [2.45, 2.75) is 26.3 Å². The zero-order chi connectivity index (χ0) is 28.5. The van der Waals surface area contributed by atoms with Crippen molar-refractivity contribution in [3.63, 3.8) is 0 Å².